The summed E-state index contributed by atoms with van der Waals surface area (Å²) >= 11 is 0. The number of aryl methyl sites for hydroxylation is 1. The van der Waals surface area contributed by atoms with E-state index in [1.54, 1.807) is 45.9 Å². The van der Waals surface area contributed by atoms with E-state index in [1.807, 2.05) is 20.8 Å². The fourth-order valence-electron chi connectivity index (χ4n) is 3.44. The van der Waals surface area contributed by atoms with Crippen molar-refractivity contribution >= 4 is 17.9 Å². The molecule has 0 saturated heterocycles. The Hall–Kier alpha value is -2.77. The predicted molar refractivity (Wildman–Crippen MR) is 129 cm³/mol. The molecule has 0 fully saturated rings. The van der Waals surface area contributed by atoms with Crippen molar-refractivity contribution in [3.8, 4) is 5.75 Å². The highest BCUT2D eigenvalue weighted by Gasteiger charge is 2.39. The largest absolute Gasteiger partial charge is 0.507 e. The van der Waals surface area contributed by atoms with Gasteiger partial charge in [0.05, 0.1) is 0 Å². The number of phenolic OH excluding ortho intramolecular Hbond substituents is 1. The molecule has 8 nitrogen and oxygen atoms in total. The van der Waals surface area contributed by atoms with Gasteiger partial charge in [-0.15, -0.1) is 0 Å². The van der Waals surface area contributed by atoms with E-state index in [-0.39, 0.29) is 18.2 Å². The van der Waals surface area contributed by atoms with Gasteiger partial charge in [-0.2, -0.15) is 0 Å². The molecule has 1 aromatic rings. The van der Waals surface area contributed by atoms with Gasteiger partial charge in [-0.25, -0.2) is 4.79 Å². The van der Waals surface area contributed by atoms with Gasteiger partial charge in [0.15, 0.2) is 0 Å². The zero-order valence-corrected chi connectivity index (χ0v) is 21.4. The van der Waals surface area contributed by atoms with E-state index in [4.69, 9.17) is 4.74 Å². The molecule has 0 aliphatic rings. The number of alkyl carbamates (subject to hydrolysis) is 1. The molecule has 1 aromatic carbocycles. The minimum atomic E-state index is -1.07. The monoisotopic (exact) mass is 463 g/mol. The Labute approximate surface area is 198 Å². The van der Waals surface area contributed by atoms with Gasteiger partial charge in [-0.05, 0) is 60.5 Å². The number of benzene rings is 1. The average Bonchev–Trinajstić information content (AvgIpc) is 2.67. The first-order chi connectivity index (χ1) is 15.2. The second kappa shape index (κ2) is 11.9. The lowest BCUT2D eigenvalue weighted by atomic mass is 9.94. The number of rotatable bonds is 9. The van der Waals surface area contributed by atoms with Crippen LogP contribution in [0.1, 0.15) is 84.9 Å². The molecule has 33 heavy (non-hydrogen) atoms. The van der Waals surface area contributed by atoms with Gasteiger partial charge in [-0.3, -0.25) is 9.59 Å². The summed E-state index contributed by atoms with van der Waals surface area (Å²) in [6.07, 6.45) is 2.09. The fourth-order valence-corrected chi connectivity index (χ4v) is 3.44. The van der Waals surface area contributed by atoms with Crippen molar-refractivity contribution in [3.63, 3.8) is 0 Å². The highest BCUT2D eigenvalue weighted by Crippen LogP contribution is 2.35. The minimum absolute atomic E-state index is 0.0339. The summed E-state index contributed by atoms with van der Waals surface area (Å²) in [7, 11) is 0. The number of ether oxygens (including phenoxy) is 1. The van der Waals surface area contributed by atoms with E-state index < -0.39 is 29.2 Å². The van der Waals surface area contributed by atoms with Crippen molar-refractivity contribution in [3.05, 3.63) is 29.3 Å². The van der Waals surface area contributed by atoms with Gasteiger partial charge in [0.2, 0.25) is 11.8 Å². The fraction of sp³-hybridized carbons (Fsp3) is 0.640. The summed E-state index contributed by atoms with van der Waals surface area (Å²) in [5, 5.41) is 16.1. The van der Waals surface area contributed by atoms with E-state index in [0.29, 0.717) is 17.7 Å². The zero-order valence-electron chi connectivity index (χ0n) is 21.4. The first-order valence-corrected chi connectivity index (χ1v) is 11.5. The third kappa shape index (κ3) is 8.94. The maximum atomic E-state index is 13.4. The molecular weight excluding hydrogens is 422 g/mol. The van der Waals surface area contributed by atoms with Crippen LogP contribution in [0, 0.1) is 6.92 Å². The molecule has 0 saturated carbocycles. The number of hydrogen-bond donors (Lipinski definition) is 3. The molecule has 0 aliphatic heterocycles. The van der Waals surface area contributed by atoms with E-state index in [9.17, 15) is 19.5 Å². The molecule has 0 bridgehead atoms. The molecule has 0 radical (unpaired) electrons. The highest BCUT2D eigenvalue weighted by molar-refractivity contribution is 5.91. The normalized spacial score (nSPS) is 12.6. The molecule has 0 spiro atoms. The number of unbranched alkanes of at least 4 members (excludes halogenated alkanes) is 2. The van der Waals surface area contributed by atoms with Crippen molar-refractivity contribution in [1.29, 1.82) is 0 Å². The van der Waals surface area contributed by atoms with Crippen molar-refractivity contribution in [1.82, 2.24) is 15.5 Å². The second-order valence-electron chi connectivity index (χ2n) is 10.2. The summed E-state index contributed by atoms with van der Waals surface area (Å²) in [6.45, 7) is 14.6. The Bertz CT molecular complexity index is 824. The lowest BCUT2D eigenvalue weighted by Crippen LogP contribution is -2.55. The molecule has 1 atom stereocenters. The maximum Gasteiger partial charge on any atom is 0.408 e. The number of hydrogen-bond acceptors (Lipinski definition) is 5. The topological polar surface area (TPSA) is 108 Å². The van der Waals surface area contributed by atoms with Gasteiger partial charge in [-0.1, -0.05) is 38.0 Å². The number of carbonyl (C=O) groups excluding carboxylic acids is 3. The van der Waals surface area contributed by atoms with Crippen molar-refractivity contribution in [2.45, 2.75) is 91.8 Å². The van der Waals surface area contributed by atoms with E-state index in [0.717, 1.165) is 19.3 Å². The van der Waals surface area contributed by atoms with Crippen LogP contribution in [0.5, 0.6) is 5.75 Å². The van der Waals surface area contributed by atoms with Crippen molar-refractivity contribution < 1.29 is 24.2 Å². The third-order valence-corrected chi connectivity index (χ3v) is 4.92. The number of nitrogens with one attached hydrogen (secondary N) is 2. The molecule has 0 aromatic heterocycles. The van der Waals surface area contributed by atoms with E-state index >= 15 is 0 Å². The number of phenols is 1. The van der Waals surface area contributed by atoms with Crippen LogP contribution in [0.3, 0.4) is 0 Å². The van der Waals surface area contributed by atoms with Crippen LogP contribution in [0.25, 0.3) is 0 Å². The van der Waals surface area contributed by atoms with Gasteiger partial charge in [0.1, 0.15) is 23.9 Å². The SMILES string of the molecule is CCCCCNC(=O)C(c1cccc(C)c1O)N(C(=O)CNC(=O)OC(C)(C)C)C(C)(C)C. The quantitative estimate of drug-likeness (QED) is 0.476. The maximum absolute atomic E-state index is 13.4. The Morgan fingerprint density at radius 3 is 2.24 bits per heavy atom. The first kappa shape index (κ1) is 28.3. The summed E-state index contributed by atoms with van der Waals surface area (Å²) in [4.78, 5) is 40.2. The van der Waals surface area contributed by atoms with Crippen LogP contribution in [-0.4, -0.2) is 52.1 Å². The zero-order chi connectivity index (χ0) is 25.4. The van der Waals surface area contributed by atoms with Crippen molar-refractivity contribution in [2.75, 3.05) is 13.1 Å². The lowest BCUT2D eigenvalue weighted by molar-refractivity contribution is -0.146. The van der Waals surface area contributed by atoms with Crippen molar-refractivity contribution in [2.24, 2.45) is 0 Å². The van der Waals surface area contributed by atoms with Crippen LogP contribution in [-0.2, 0) is 14.3 Å². The summed E-state index contributed by atoms with van der Waals surface area (Å²) < 4.78 is 5.22. The second-order valence-corrected chi connectivity index (χ2v) is 10.2. The average molecular weight is 464 g/mol. The van der Waals surface area contributed by atoms with Crippen LogP contribution >= 0.6 is 0 Å². The summed E-state index contributed by atoms with van der Waals surface area (Å²) in [5.41, 5.74) is -0.549. The molecule has 1 rings (SSSR count). The van der Waals surface area contributed by atoms with Crippen LogP contribution in [0.15, 0.2) is 18.2 Å². The van der Waals surface area contributed by atoms with Gasteiger partial charge in [0, 0.05) is 17.6 Å². The highest BCUT2D eigenvalue weighted by atomic mass is 16.6. The number of carbonyl (C=O) groups is 3. The standard InChI is InChI=1S/C25H41N3O5/c1-9-10-11-15-26-22(31)20(18-14-12-13-17(2)21(18)30)28(24(3,4)5)19(29)16-27-23(32)33-25(6,7)8/h12-14,20,30H,9-11,15-16H2,1-8H3,(H,26,31)(H,27,32). The Kier molecular flexibility index (Phi) is 10.2. The van der Waals surface area contributed by atoms with Crippen LogP contribution in [0.2, 0.25) is 0 Å². The summed E-state index contributed by atoms with van der Waals surface area (Å²) in [5.74, 6) is -0.885. The summed E-state index contributed by atoms with van der Waals surface area (Å²) in [6, 6.07) is 4.06. The number of aromatic hydroxyl groups is 1. The number of amides is 3. The van der Waals surface area contributed by atoms with Gasteiger partial charge in [0.25, 0.3) is 0 Å². The predicted octanol–water partition coefficient (Wildman–Crippen LogP) is 4.20. The smallest absolute Gasteiger partial charge is 0.408 e. The molecule has 1 unspecified atom stereocenters. The third-order valence-electron chi connectivity index (χ3n) is 4.92. The lowest BCUT2D eigenvalue weighted by Gasteiger charge is -2.41. The van der Waals surface area contributed by atoms with Gasteiger partial charge >= 0.3 is 6.09 Å². The molecule has 0 aliphatic carbocycles. The molecular formula is C25H41N3O5. The Balaban J connectivity index is 3.29. The minimum Gasteiger partial charge on any atom is -0.507 e. The van der Waals surface area contributed by atoms with Gasteiger partial charge < -0.3 is 25.4 Å². The molecule has 3 N–H and O–H groups in total. The Morgan fingerprint density at radius 1 is 1.06 bits per heavy atom. The van der Waals surface area contributed by atoms with Crippen LogP contribution < -0.4 is 10.6 Å². The first-order valence-electron chi connectivity index (χ1n) is 11.5. The van der Waals surface area contributed by atoms with E-state index in [2.05, 4.69) is 17.6 Å². The molecule has 3 amide bonds. The molecule has 8 heteroatoms. The number of nitrogens with zero attached hydrogens (tertiary/aromatic N) is 1. The molecule has 0 heterocycles. The van der Waals surface area contributed by atoms with E-state index in [1.165, 1.54) is 4.90 Å². The van der Waals surface area contributed by atoms with Crippen LogP contribution in [0.4, 0.5) is 4.79 Å². The number of para-hydroxylation sites is 1. The Morgan fingerprint density at radius 2 is 1.70 bits per heavy atom. The molecule has 186 valence electrons.